The highest BCUT2D eigenvalue weighted by Gasteiger charge is 2.14. The van der Waals surface area contributed by atoms with Crippen LogP contribution in [0.1, 0.15) is 18.4 Å². The molecule has 1 heteroatoms. The van der Waals surface area contributed by atoms with Gasteiger partial charge in [-0.05, 0) is 30.9 Å². The van der Waals surface area contributed by atoms with E-state index in [1.165, 1.54) is 24.1 Å². The van der Waals surface area contributed by atoms with Gasteiger partial charge in [-0.2, -0.15) is 0 Å². The van der Waals surface area contributed by atoms with Gasteiger partial charge in [-0.15, -0.1) is 6.58 Å². The summed E-state index contributed by atoms with van der Waals surface area (Å²) in [6, 6.07) is 9.14. The molecule has 1 aliphatic rings. The van der Waals surface area contributed by atoms with Crippen LogP contribution >= 0.6 is 0 Å². The highest BCUT2D eigenvalue weighted by atomic mass is 14.9. The molecule has 1 atom stereocenters. The molecular formula is C12H15N. The fourth-order valence-corrected chi connectivity index (χ4v) is 1.88. The Morgan fingerprint density at radius 3 is 3.15 bits per heavy atom. The Hall–Kier alpha value is -1.24. The molecule has 1 nitrogen and oxygen atoms in total. The van der Waals surface area contributed by atoms with E-state index in [0.717, 1.165) is 6.42 Å². The zero-order valence-electron chi connectivity index (χ0n) is 7.79. The van der Waals surface area contributed by atoms with Crippen LogP contribution in [-0.4, -0.2) is 6.04 Å². The van der Waals surface area contributed by atoms with E-state index in [4.69, 9.17) is 0 Å². The number of fused-ring (bicyclic) bond motifs is 1. The normalized spacial score (nSPS) is 20.2. The molecule has 0 aromatic heterocycles. The van der Waals surface area contributed by atoms with E-state index in [1.54, 1.807) is 0 Å². The van der Waals surface area contributed by atoms with Crippen molar-refractivity contribution in [3.63, 3.8) is 0 Å². The van der Waals surface area contributed by atoms with Gasteiger partial charge < -0.3 is 5.32 Å². The van der Waals surface area contributed by atoms with Gasteiger partial charge in [0.2, 0.25) is 0 Å². The molecule has 1 unspecified atom stereocenters. The molecule has 1 aromatic rings. The number of hydrogen-bond acceptors (Lipinski definition) is 1. The van der Waals surface area contributed by atoms with Crippen molar-refractivity contribution in [1.82, 2.24) is 0 Å². The second-order valence-electron chi connectivity index (χ2n) is 3.56. The molecular weight excluding hydrogens is 158 g/mol. The van der Waals surface area contributed by atoms with Gasteiger partial charge in [0.1, 0.15) is 0 Å². The Bertz CT molecular complexity index is 304. The maximum absolute atomic E-state index is 3.77. The molecule has 0 saturated heterocycles. The number of aryl methyl sites for hydroxylation is 1. The molecule has 0 radical (unpaired) electrons. The lowest BCUT2D eigenvalue weighted by Gasteiger charge is -2.26. The number of rotatable bonds is 2. The molecule has 1 heterocycles. The minimum absolute atomic E-state index is 0.590. The van der Waals surface area contributed by atoms with Crippen LogP contribution in [0.5, 0.6) is 0 Å². The zero-order chi connectivity index (χ0) is 9.10. The van der Waals surface area contributed by atoms with Crippen LogP contribution in [0.15, 0.2) is 36.9 Å². The van der Waals surface area contributed by atoms with E-state index < -0.39 is 0 Å². The topological polar surface area (TPSA) is 12.0 Å². The van der Waals surface area contributed by atoms with Crippen molar-refractivity contribution in [2.24, 2.45) is 0 Å². The van der Waals surface area contributed by atoms with Crippen molar-refractivity contribution in [3.8, 4) is 0 Å². The van der Waals surface area contributed by atoms with Crippen molar-refractivity contribution >= 4 is 5.69 Å². The maximum Gasteiger partial charge on any atom is 0.0374 e. The van der Waals surface area contributed by atoms with E-state index >= 15 is 0 Å². The first-order chi connectivity index (χ1) is 6.40. The monoisotopic (exact) mass is 173 g/mol. The van der Waals surface area contributed by atoms with Crippen LogP contribution in [0.4, 0.5) is 5.69 Å². The first-order valence-corrected chi connectivity index (χ1v) is 4.85. The quantitative estimate of drug-likeness (QED) is 0.678. The van der Waals surface area contributed by atoms with Gasteiger partial charge in [0.05, 0.1) is 0 Å². The van der Waals surface area contributed by atoms with Crippen molar-refractivity contribution in [2.45, 2.75) is 25.3 Å². The smallest absolute Gasteiger partial charge is 0.0374 e. The summed E-state index contributed by atoms with van der Waals surface area (Å²) >= 11 is 0. The second kappa shape index (κ2) is 3.65. The first kappa shape index (κ1) is 8.36. The second-order valence-corrected chi connectivity index (χ2v) is 3.56. The van der Waals surface area contributed by atoms with Crippen molar-refractivity contribution < 1.29 is 0 Å². The maximum atomic E-state index is 3.77. The van der Waals surface area contributed by atoms with Gasteiger partial charge in [0.25, 0.3) is 0 Å². The largest absolute Gasteiger partial charge is 0.382 e. The Kier molecular flexibility index (Phi) is 2.35. The fraction of sp³-hybridized carbons (Fsp3) is 0.333. The highest BCUT2D eigenvalue weighted by molar-refractivity contribution is 5.53. The number of para-hydroxylation sites is 1. The summed E-state index contributed by atoms with van der Waals surface area (Å²) in [7, 11) is 0. The van der Waals surface area contributed by atoms with Crippen LogP contribution in [0.3, 0.4) is 0 Å². The van der Waals surface area contributed by atoms with Gasteiger partial charge in [-0.25, -0.2) is 0 Å². The standard InChI is InChI=1S/C12H15N/c1-2-5-11-9-8-10-6-3-4-7-12(10)13-11/h2-4,6-7,11,13H,1,5,8-9H2. The Balaban J connectivity index is 2.15. The molecule has 0 amide bonds. The van der Waals surface area contributed by atoms with Gasteiger partial charge in [-0.3, -0.25) is 0 Å². The molecule has 1 N–H and O–H groups in total. The minimum atomic E-state index is 0.590. The Morgan fingerprint density at radius 2 is 2.31 bits per heavy atom. The summed E-state index contributed by atoms with van der Waals surface area (Å²) in [6.45, 7) is 3.77. The van der Waals surface area contributed by atoms with E-state index in [1.807, 2.05) is 6.08 Å². The van der Waals surface area contributed by atoms with E-state index in [-0.39, 0.29) is 0 Å². The van der Waals surface area contributed by atoms with E-state index in [2.05, 4.69) is 36.2 Å². The third kappa shape index (κ3) is 1.74. The summed E-state index contributed by atoms with van der Waals surface area (Å²) in [6.07, 6.45) is 5.48. The van der Waals surface area contributed by atoms with Gasteiger partial charge in [0.15, 0.2) is 0 Å². The van der Waals surface area contributed by atoms with Crippen LogP contribution in [-0.2, 0) is 6.42 Å². The molecule has 13 heavy (non-hydrogen) atoms. The fourth-order valence-electron chi connectivity index (χ4n) is 1.88. The van der Waals surface area contributed by atoms with Gasteiger partial charge in [-0.1, -0.05) is 24.3 Å². The minimum Gasteiger partial charge on any atom is -0.382 e. The molecule has 0 aliphatic carbocycles. The molecule has 0 saturated carbocycles. The lowest BCUT2D eigenvalue weighted by Crippen LogP contribution is -2.24. The van der Waals surface area contributed by atoms with Gasteiger partial charge >= 0.3 is 0 Å². The molecule has 0 spiro atoms. The molecule has 1 aliphatic heterocycles. The number of anilines is 1. The predicted molar refractivity (Wildman–Crippen MR) is 57.0 cm³/mol. The SMILES string of the molecule is C=CCC1CCc2ccccc2N1. The molecule has 68 valence electrons. The van der Waals surface area contributed by atoms with Crippen molar-refractivity contribution in [2.75, 3.05) is 5.32 Å². The average molecular weight is 173 g/mol. The summed E-state index contributed by atoms with van der Waals surface area (Å²) in [4.78, 5) is 0. The number of nitrogens with one attached hydrogen (secondary N) is 1. The molecule has 0 fully saturated rings. The van der Waals surface area contributed by atoms with Crippen molar-refractivity contribution in [1.29, 1.82) is 0 Å². The first-order valence-electron chi connectivity index (χ1n) is 4.85. The van der Waals surface area contributed by atoms with Gasteiger partial charge in [0, 0.05) is 11.7 Å². The van der Waals surface area contributed by atoms with Crippen LogP contribution < -0.4 is 5.32 Å². The summed E-state index contributed by atoms with van der Waals surface area (Å²) in [5, 5.41) is 3.53. The highest BCUT2D eigenvalue weighted by Crippen LogP contribution is 2.25. The predicted octanol–water partition coefficient (Wildman–Crippen LogP) is 2.99. The third-order valence-corrected chi connectivity index (χ3v) is 2.59. The van der Waals surface area contributed by atoms with E-state index in [9.17, 15) is 0 Å². The Morgan fingerprint density at radius 1 is 1.46 bits per heavy atom. The summed E-state index contributed by atoms with van der Waals surface area (Å²) in [5.41, 5.74) is 2.75. The molecule has 2 rings (SSSR count). The summed E-state index contributed by atoms with van der Waals surface area (Å²) < 4.78 is 0. The molecule has 1 aromatic carbocycles. The van der Waals surface area contributed by atoms with Crippen LogP contribution in [0, 0.1) is 0 Å². The van der Waals surface area contributed by atoms with Crippen molar-refractivity contribution in [3.05, 3.63) is 42.5 Å². The van der Waals surface area contributed by atoms with E-state index in [0.29, 0.717) is 6.04 Å². The molecule has 0 bridgehead atoms. The zero-order valence-corrected chi connectivity index (χ0v) is 7.79. The average Bonchev–Trinajstić information content (AvgIpc) is 2.18. The lowest BCUT2D eigenvalue weighted by molar-refractivity contribution is 0.639. The lowest BCUT2D eigenvalue weighted by atomic mass is 9.96. The van der Waals surface area contributed by atoms with Crippen LogP contribution in [0.2, 0.25) is 0 Å². The summed E-state index contributed by atoms with van der Waals surface area (Å²) in [5.74, 6) is 0. The number of benzene rings is 1. The Labute approximate surface area is 79.5 Å². The number of hydrogen-bond donors (Lipinski definition) is 1. The van der Waals surface area contributed by atoms with Crippen LogP contribution in [0.25, 0.3) is 0 Å². The third-order valence-electron chi connectivity index (χ3n) is 2.59.